The van der Waals surface area contributed by atoms with Crippen LogP contribution >= 0.6 is 0 Å². The first-order valence-electron chi connectivity index (χ1n) is 11.3. The van der Waals surface area contributed by atoms with Gasteiger partial charge in [0.05, 0.1) is 17.6 Å². The number of nitrogens with one attached hydrogen (secondary N) is 3. The maximum Gasteiger partial charge on any atom is 0.247 e. The smallest absolute Gasteiger partial charge is 0.247 e. The van der Waals surface area contributed by atoms with Gasteiger partial charge in [0.15, 0.2) is 5.82 Å². The summed E-state index contributed by atoms with van der Waals surface area (Å²) >= 11 is 0. The molecule has 1 saturated heterocycles. The van der Waals surface area contributed by atoms with Crippen molar-refractivity contribution in [1.29, 1.82) is 0 Å². The zero-order chi connectivity index (χ0) is 22.1. The second kappa shape index (κ2) is 8.57. The highest BCUT2D eigenvalue weighted by Crippen LogP contribution is 2.33. The van der Waals surface area contributed by atoms with Crippen LogP contribution in [0.2, 0.25) is 0 Å². The third-order valence-corrected chi connectivity index (χ3v) is 6.13. The van der Waals surface area contributed by atoms with E-state index in [1.165, 1.54) is 0 Å². The number of fused-ring (bicyclic) bond motifs is 1. The molecule has 5 rings (SSSR count). The van der Waals surface area contributed by atoms with Crippen molar-refractivity contribution in [3.63, 3.8) is 0 Å². The summed E-state index contributed by atoms with van der Waals surface area (Å²) in [6.07, 6.45) is 7.97. The topological polar surface area (TPSA) is 112 Å². The second-order valence-corrected chi connectivity index (χ2v) is 8.72. The van der Waals surface area contributed by atoms with Crippen LogP contribution < -0.4 is 15.5 Å². The number of carbonyl (C=O) groups is 1. The van der Waals surface area contributed by atoms with E-state index in [4.69, 9.17) is 9.97 Å². The monoisotopic (exact) mass is 432 g/mol. The van der Waals surface area contributed by atoms with Gasteiger partial charge in [-0.2, -0.15) is 10.1 Å². The molecule has 0 bridgehead atoms. The fourth-order valence-electron chi connectivity index (χ4n) is 4.41. The molecule has 32 heavy (non-hydrogen) atoms. The Kier molecular flexibility index (Phi) is 5.46. The van der Waals surface area contributed by atoms with Crippen molar-refractivity contribution in [1.82, 2.24) is 25.1 Å². The molecule has 166 valence electrons. The fourth-order valence-corrected chi connectivity index (χ4v) is 4.41. The van der Waals surface area contributed by atoms with Crippen LogP contribution in [0, 0.1) is 0 Å². The van der Waals surface area contributed by atoms with Crippen molar-refractivity contribution in [2.45, 2.75) is 57.9 Å². The van der Waals surface area contributed by atoms with E-state index in [2.05, 4.69) is 39.7 Å². The predicted molar refractivity (Wildman–Crippen MR) is 123 cm³/mol. The normalized spacial score (nSPS) is 17.6. The van der Waals surface area contributed by atoms with Crippen molar-refractivity contribution in [3.05, 3.63) is 47.5 Å². The first kappa shape index (κ1) is 20.4. The predicted octanol–water partition coefficient (Wildman–Crippen LogP) is 3.56. The molecule has 0 aromatic carbocycles. The highest BCUT2D eigenvalue weighted by molar-refractivity contribution is 5.96. The first-order chi connectivity index (χ1) is 15.6. The Morgan fingerprint density at radius 2 is 2.16 bits per heavy atom. The van der Waals surface area contributed by atoms with Crippen LogP contribution in [-0.2, 0) is 17.6 Å². The number of hydrogen-bond donors (Lipinski definition) is 3. The zero-order valence-electron chi connectivity index (χ0n) is 18.4. The number of H-pyrrole nitrogens is 1. The molecule has 9 heteroatoms. The molecule has 1 unspecified atom stereocenters. The van der Waals surface area contributed by atoms with E-state index in [0.717, 1.165) is 67.2 Å². The second-order valence-electron chi connectivity index (χ2n) is 8.72. The van der Waals surface area contributed by atoms with Gasteiger partial charge in [0, 0.05) is 30.1 Å². The Morgan fingerprint density at radius 3 is 2.94 bits per heavy atom. The van der Waals surface area contributed by atoms with Crippen LogP contribution in [0.3, 0.4) is 0 Å². The summed E-state index contributed by atoms with van der Waals surface area (Å²) in [7, 11) is 0. The Balaban J connectivity index is 1.41. The first-order valence-corrected chi connectivity index (χ1v) is 11.3. The van der Waals surface area contributed by atoms with Gasteiger partial charge >= 0.3 is 0 Å². The number of carbonyl (C=O) groups excluding carboxylic acids is 1. The van der Waals surface area contributed by atoms with E-state index >= 15 is 0 Å². The minimum Gasteiger partial charge on any atom is -0.329 e. The minimum atomic E-state index is -0.305. The van der Waals surface area contributed by atoms with Gasteiger partial charge in [0.1, 0.15) is 11.9 Å². The number of amides is 1. The Morgan fingerprint density at radius 1 is 1.25 bits per heavy atom. The number of aryl methyl sites for hydroxylation is 1. The number of hydrogen-bond acceptors (Lipinski definition) is 7. The van der Waals surface area contributed by atoms with Gasteiger partial charge in [-0.15, -0.1) is 0 Å². The lowest BCUT2D eigenvalue weighted by molar-refractivity contribution is -0.117. The standard InChI is InChI=1S/C23H28N8O/c1-14(2)18-12-20(30-29-18)27-21-16-7-3-8-17(16)26-23(28-21)31-11-5-9-19(31)22(32)25-15-6-4-10-24-13-15/h4,6,10,12-14,19H,3,5,7-9,11H2,1-2H3,(H,25,32)(H2,26,27,28,29,30). The lowest BCUT2D eigenvalue weighted by atomic mass is 10.1. The van der Waals surface area contributed by atoms with Crippen LogP contribution in [-0.4, -0.2) is 43.6 Å². The lowest BCUT2D eigenvalue weighted by Crippen LogP contribution is -2.40. The molecule has 4 heterocycles. The maximum atomic E-state index is 13.0. The quantitative estimate of drug-likeness (QED) is 0.546. The molecule has 1 atom stereocenters. The zero-order valence-corrected chi connectivity index (χ0v) is 18.4. The molecule has 3 N–H and O–H groups in total. The largest absolute Gasteiger partial charge is 0.329 e. The highest BCUT2D eigenvalue weighted by Gasteiger charge is 2.34. The SMILES string of the molecule is CC(C)c1cc(Nc2nc(N3CCCC3C(=O)Nc3cccnc3)nc3c2CCC3)n[nH]1. The molecule has 0 radical (unpaired) electrons. The van der Waals surface area contributed by atoms with E-state index in [9.17, 15) is 4.79 Å². The number of nitrogens with zero attached hydrogens (tertiary/aromatic N) is 5. The Bertz CT molecular complexity index is 1110. The maximum absolute atomic E-state index is 13.0. The summed E-state index contributed by atoms with van der Waals surface area (Å²) < 4.78 is 0. The lowest BCUT2D eigenvalue weighted by Gasteiger charge is -2.25. The number of aromatic amines is 1. The van der Waals surface area contributed by atoms with Crippen molar-refractivity contribution < 1.29 is 4.79 Å². The summed E-state index contributed by atoms with van der Waals surface area (Å²) in [6.45, 7) is 5.01. The van der Waals surface area contributed by atoms with E-state index in [-0.39, 0.29) is 11.9 Å². The van der Waals surface area contributed by atoms with Gasteiger partial charge < -0.3 is 15.5 Å². The molecule has 2 aliphatic rings. The molecular weight excluding hydrogens is 404 g/mol. The van der Waals surface area contributed by atoms with Gasteiger partial charge in [-0.3, -0.25) is 14.9 Å². The minimum absolute atomic E-state index is 0.0528. The summed E-state index contributed by atoms with van der Waals surface area (Å²) in [5.41, 5.74) is 3.99. The Labute approximate surface area is 187 Å². The fraction of sp³-hybridized carbons (Fsp3) is 0.435. The van der Waals surface area contributed by atoms with Crippen LogP contribution in [0.5, 0.6) is 0 Å². The molecule has 3 aromatic heterocycles. The van der Waals surface area contributed by atoms with E-state index in [0.29, 0.717) is 17.6 Å². The van der Waals surface area contributed by atoms with Crippen molar-refractivity contribution in [3.8, 4) is 0 Å². The average molecular weight is 433 g/mol. The summed E-state index contributed by atoms with van der Waals surface area (Å²) in [5.74, 6) is 2.47. The van der Waals surface area contributed by atoms with Crippen LogP contribution in [0.1, 0.15) is 56.0 Å². The summed E-state index contributed by atoms with van der Waals surface area (Å²) in [5, 5.41) is 13.9. The van der Waals surface area contributed by atoms with E-state index in [1.807, 2.05) is 23.1 Å². The molecule has 1 fully saturated rings. The van der Waals surface area contributed by atoms with Crippen molar-refractivity contribution in [2.24, 2.45) is 0 Å². The highest BCUT2D eigenvalue weighted by atomic mass is 16.2. The molecular formula is C23H28N8O. The molecule has 1 aliphatic heterocycles. The van der Waals surface area contributed by atoms with Gasteiger partial charge in [0.2, 0.25) is 11.9 Å². The van der Waals surface area contributed by atoms with Gasteiger partial charge in [-0.05, 0) is 50.2 Å². The molecule has 9 nitrogen and oxygen atoms in total. The van der Waals surface area contributed by atoms with Crippen LogP contribution in [0.25, 0.3) is 0 Å². The third kappa shape index (κ3) is 4.02. The molecule has 1 amide bonds. The Hall–Kier alpha value is -3.49. The third-order valence-electron chi connectivity index (χ3n) is 6.13. The van der Waals surface area contributed by atoms with Gasteiger partial charge in [0.25, 0.3) is 0 Å². The number of pyridine rings is 1. The summed E-state index contributed by atoms with van der Waals surface area (Å²) in [4.78, 5) is 28.8. The molecule has 3 aromatic rings. The molecule has 1 aliphatic carbocycles. The van der Waals surface area contributed by atoms with Crippen LogP contribution in [0.4, 0.5) is 23.3 Å². The van der Waals surface area contributed by atoms with Crippen LogP contribution in [0.15, 0.2) is 30.6 Å². The number of anilines is 4. The van der Waals surface area contributed by atoms with Crippen molar-refractivity contribution in [2.75, 3.05) is 22.1 Å². The molecule has 0 spiro atoms. The van der Waals surface area contributed by atoms with E-state index in [1.54, 1.807) is 12.4 Å². The molecule has 0 saturated carbocycles. The van der Waals surface area contributed by atoms with Gasteiger partial charge in [-0.25, -0.2) is 4.98 Å². The summed E-state index contributed by atoms with van der Waals surface area (Å²) in [6, 6.07) is 5.37. The average Bonchev–Trinajstić information content (AvgIpc) is 3.54. The van der Waals surface area contributed by atoms with Crippen molar-refractivity contribution >= 4 is 29.2 Å². The number of aromatic nitrogens is 5. The van der Waals surface area contributed by atoms with Gasteiger partial charge in [-0.1, -0.05) is 13.8 Å². The number of rotatable bonds is 6. The van der Waals surface area contributed by atoms with E-state index < -0.39 is 0 Å².